The number of rotatable bonds is 5. The zero-order valence-electron chi connectivity index (χ0n) is 15.5. The Labute approximate surface area is 163 Å². The van der Waals surface area contributed by atoms with E-state index in [-0.39, 0.29) is 49.4 Å². The summed E-state index contributed by atoms with van der Waals surface area (Å²) in [7, 11) is 0. The molecule has 3 rings (SSSR count). The Bertz CT molecular complexity index is 871. The molecule has 0 amide bonds. The van der Waals surface area contributed by atoms with E-state index in [4.69, 9.17) is 4.74 Å². The molecule has 29 heavy (non-hydrogen) atoms. The summed E-state index contributed by atoms with van der Waals surface area (Å²) in [5.41, 5.74) is -1.39. The van der Waals surface area contributed by atoms with Crippen molar-refractivity contribution >= 4 is 11.7 Å². The highest BCUT2D eigenvalue weighted by Gasteiger charge is 2.40. The van der Waals surface area contributed by atoms with Crippen molar-refractivity contribution in [3.63, 3.8) is 0 Å². The van der Waals surface area contributed by atoms with Crippen LogP contribution in [-0.2, 0) is 10.9 Å². The molecule has 0 bridgehead atoms. The fourth-order valence-electron chi connectivity index (χ4n) is 3.10. The third-order valence-corrected chi connectivity index (χ3v) is 4.55. The maximum Gasteiger partial charge on any atom is 0.437 e. The van der Waals surface area contributed by atoms with Gasteiger partial charge in [0.1, 0.15) is 0 Å². The molecule has 6 nitrogen and oxygen atoms in total. The van der Waals surface area contributed by atoms with Crippen LogP contribution in [0.25, 0.3) is 5.82 Å². The Kier molecular flexibility index (Phi) is 5.76. The van der Waals surface area contributed by atoms with Gasteiger partial charge in [-0.3, -0.25) is 0 Å². The molecule has 1 fully saturated rings. The van der Waals surface area contributed by atoms with E-state index in [9.17, 15) is 26.7 Å². The highest BCUT2D eigenvalue weighted by Crippen LogP contribution is 2.38. The molecular formula is C18H19F5N4O2. The Morgan fingerprint density at radius 1 is 1.34 bits per heavy atom. The van der Waals surface area contributed by atoms with Gasteiger partial charge in [-0.15, -0.1) is 0 Å². The van der Waals surface area contributed by atoms with Gasteiger partial charge in [0.15, 0.2) is 11.5 Å². The van der Waals surface area contributed by atoms with E-state index in [1.54, 1.807) is 6.92 Å². The quantitative estimate of drug-likeness (QED) is 0.574. The van der Waals surface area contributed by atoms with Crippen LogP contribution in [0.3, 0.4) is 0 Å². The number of nitrogens with zero attached hydrogens (tertiary/aromatic N) is 3. The minimum atomic E-state index is -4.76. The molecule has 1 aliphatic carbocycles. The summed E-state index contributed by atoms with van der Waals surface area (Å²) in [5, 5.41) is 6.24. The van der Waals surface area contributed by atoms with E-state index in [1.807, 2.05) is 0 Å². The van der Waals surface area contributed by atoms with Gasteiger partial charge in [-0.25, -0.2) is 23.2 Å². The number of esters is 1. The molecular weight excluding hydrogens is 399 g/mol. The molecule has 0 atom stereocenters. The molecule has 2 aromatic heterocycles. The number of carbonyl (C=O) groups is 1. The molecule has 2 heterocycles. The van der Waals surface area contributed by atoms with Gasteiger partial charge in [-0.2, -0.15) is 18.3 Å². The van der Waals surface area contributed by atoms with Crippen LogP contribution >= 0.6 is 0 Å². The van der Waals surface area contributed by atoms with E-state index >= 15 is 0 Å². The standard InChI is InChI=1S/C18H19F5N4O2/c1-2-29-16(28)11-5-8-24-14(9-11)27-10-13(15(26-27)18(21,22)23)25-12-3-6-17(19,20)7-4-12/h5,8-10,12,25H,2-4,6-7H2,1H3. The van der Waals surface area contributed by atoms with Crippen molar-refractivity contribution in [2.75, 3.05) is 11.9 Å². The maximum absolute atomic E-state index is 13.4. The molecule has 0 aliphatic heterocycles. The van der Waals surface area contributed by atoms with Crippen molar-refractivity contribution < 1.29 is 31.5 Å². The van der Waals surface area contributed by atoms with E-state index in [1.165, 1.54) is 18.3 Å². The molecule has 1 saturated carbocycles. The number of aromatic nitrogens is 3. The van der Waals surface area contributed by atoms with Crippen molar-refractivity contribution in [2.24, 2.45) is 0 Å². The molecule has 1 N–H and O–H groups in total. The second-order valence-corrected chi connectivity index (χ2v) is 6.73. The normalized spacial score (nSPS) is 17.2. The summed E-state index contributed by atoms with van der Waals surface area (Å²) in [6.45, 7) is 1.77. The first kappa shape index (κ1) is 21.0. The summed E-state index contributed by atoms with van der Waals surface area (Å²) in [6, 6.07) is 2.11. The minimum absolute atomic E-state index is 0.00993. The van der Waals surface area contributed by atoms with Gasteiger partial charge >= 0.3 is 12.1 Å². The summed E-state index contributed by atoms with van der Waals surface area (Å²) in [6.07, 6.45) is -3.09. The molecule has 0 unspecified atom stereocenters. The third-order valence-electron chi connectivity index (χ3n) is 4.55. The SMILES string of the molecule is CCOC(=O)c1ccnc(-n2cc(NC3CCC(F)(F)CC3)c(C(F)(F)F)n2)c1. The van der Waals surface area contributed by atoms with Gasteiger partial charge in [-0.05, 0) is 31.9 Å². The molecule has 2 aromatic rings. The monoisotopic (exact) mass is 418 g/mol. The number of anilines is 1. The molecule has 0 spiro atoms. The van der Waals surface area contributed by atoms with Crippen molar-refractivity contribution in [2.45, 2.75) is 50.7 Å². The molecule has 0 aromatic carbocycles. The number of hydrogen-bond donors (Lipinski definition) is 1. The van der Waals surface area contributed by atoms with Gasteiger partial charge in [0.05, 0.1) is 24.1 Å². The fourth-order valence-corrected chi connectivity index (χ4v) is 3.10. The van der Waals surface area contributed by atoms with Crippen molar-refractivity contribution in [1.82, 2.24) is 14.8 Å². The van der Waals surface area contributed by atoms with Crippen molar-refractivity contribution in [3.05, 3.63) is 35.8 Å². The Morgan fingerprint density at radius 3 is 2.66 bits per heavy atom. The number of alkyl halides is 5. The topological polar surface area (TPSA) is 69.0 Å². The largest absolute Gasteiger partial charge is 0.462 e. The summed E-state index contributed by atoms with van der Waals surface area (Å²) in [5.74, 6) is -3.43. The van der Waals surface area contributed by atoms with Crippen LogP contribution in [0.5, 0.6) is 0 Å². The zero-order valence-corrected chi connectivity index (χ0v) is 15.5. The first-order valence-electron chi connectivity index (χ1n) is 9.04. The van der Waals surface area contributed by atoms with E-state index in [0.717, 1.165) is 10.9 Å². The highest BCUT2D eigenvalue weighted by atomic mass is 19.4. The average molecular weight is 418 g/mol. The predicted molar refractivity (Wildman–Crippen MR) is 93.1 cm³/mol. The van der Waals surface area contributed by atoms with Gasteiger partial charge in [0.25, 0.3) is 0 Å². The predicted octanol–water partition coefficient (Wildman–Crippen LogP) is 4.45. The van der Waals surface area contributed by atoms with Crippen molar-refractivity contribution in [1.29, 1.82) is 0 Å². The van der Waals surface area contributed by atoms with Crippen molar-refractivity contribution in [3.8, 4) is 5.82 Å². The number of hydrogen-bond acceptors (Lipinski definition) is 5. The first-order valence-corrected chi connectivity index (χ1v) is 9.04. The summed E-state index contributed by atoms with van der Waals surface area (Å²) in [4.78, 5) is 15.8. The first-order chi connectivity index (χ1) is 13.6. The lowest BCUT2D eigenvalue weighted by atomic mass is 9.92. The molecule has 158 valence electrons. The number of carbonyl (C=O) groups excluding carboxylic acids is 1. The zero-order chi connectivity index (χ0) is 21.2. The van der Waals surface area contributed by atoms with Gasteiger partial charge in [0, 0.05) is 25.1 Å². The van der Waals surface area contributed by atoms with E-state index in [2.05, 4.69) is 15.4 Å². The van der Waals surface area contributed by atoms with Crippen LogP contribution in [0.1, 0.15) is 48.7 Å². The number of halogens is 5. The smallest absolute Gasteiger partial charge is 0.437 e. The lowest BCUT2D eigenvalue weighted by molar-refractivity contribution is -0.140. The van der Waals surface area contributed by atoms with Crippen LogP contribution in [0.4, 0.5) is 27.6 Å². The fraction of sp³-hybridized carbons (Fsp3) is 0.500. The van der Waals surface area contributed by atoms with E-state index in [0.29, 0.717) is 0 Å². The van der Waals surface area contributed by atoms with Crippen LogP contribution < -0.4 is 5.32 Å². The average Bonchev–Trinajstić information content (AvgIpc) is 3.08. The van der Waals surface area contributed by atoms with Crippen LogP contribution in [0.15, 0.2) is 24.5 Å². The van der Waals surface area contributed by atoms with E-state index < -0.39 is 29.8 Å². The molecule has 0 saturated heterocycles. The number of ether oxygens (including phenoxy) is 1. The molecule has 11 heteroatoms. The minimum Gasteiger partial charge on any atom is -0.462 e. The second-order valence-electron chi connectivity index (χ2n) is 6.73. The maximum atomic E-state index is 13.4. The summed E-state index contributed by atoms with van der Waals surface area (Å²) < 4.78 is 72.7. The third kappa shape index (κ3) is 5.01. The Balaban J connectivity index is 1.88. The lowest BCUT2D eigenvalue weighted by Crippen LogP contribution is -2.32. The van der Waals surface area contributed by atoms with Gasteiger partial charge in [-0.1, -0.05) is 0 Å². The second kappa shape index (κ2) is 7.96. The Morgan fingerprint density at radius 2 is 2.03 bits per heavy atom. The molecule has 0 radical (unpaired) electrons. The van der Waals surface area contributed by atoms with Crippen LogP contribution in [0.2, 0.25) is 0 Å². The number of nitrogens with one attached hydrogen (secondary N) is 1. The van der Waals surface area contributed by atoms with Gasteiger partial charge in [0.2, 0.25) is 5.92 Å². The van der Waals surface area contributed by atoms with Gasteiger partial charge < -0.3 is 10.1 Å². The number of pyridine rings is 1. The highest BCUT2D eigenvalue weighted by molar-refractivity contribution is 5.89. The van der Waals surface area contributed by atoms with Crippen LogP contribution in [0, 0.1) is 0 Å². The summed E-state index contributed by atoms with van der Waals surface area (Å²) >= 11 is 0. The molecule has 1 aliphatic rings. The lowest BCUT2D eigenvalue weighted by Gasteiger charge is -2.29. The van der Waals surface area contributed by atoms with Crippen LogP contribution in [-0.4, -0.2) is 39.3 Å². The Hall–Kier alpha value is -2.72.